The molecule has 4 rings (SSSR count). The molecule has 0 spiro atoms. The van der Waals surface area contributed by atoms with Gasteiger partial charge in [0, 0.05) is 28.2 Å². The van der Waals surface area contributed by atoms with Crippen molar-refractivity contribution in [3.8, 4) is 11.5 Å². The number of methoxy groups -OCH3 is 2. The lowest BCUT2D eigenvalue weighted by Gasteiger charge is -2.10. The van der Waals surface area contributed by atoms with Crippen LogP contribution in [0.15, 0.2) is 72.8 Å². The molecule has 0 bridgehead atoms. The molecule has 3 aromatic carbocycles. The van der Waals surface area contributed by atoms with Gasteiger partial charge >= 0.3 is 5.97 Å². The molecule has 0 saturated carbocycles. The van der Waals surface area contributed by atoms with Crippen LogP contribution in [-0.2, 0) is 9.53 Å². The van der Waals surface area contributed by atoms with Gasteiger partial charge in [0.25, 0.3) is 11.8 Å². The second-order valence-electron chi connectivity index (χ2n) is 7.49. The standard InChI is InChI=1S/C26H23N3O6/c1-33-19-12-9-17-13-22(28-21(17)14-19)26(32)35-15-24(30)27-18-10-7-16(8-11-18)25(31)29-20-5-3-4-6-23(20)34-2/h3-14,28H,15H2,1-2H3,(H,27,30)(H,29,31). The van der Waals surface area contributed by atoms with Crippen molar-refractivity contribution in [2.45, 2.75) is 0 Å². The van der Waals surface area contributed by atoms with E-state index in [2.05, 4.69) is 15.6 Å². The summed E-state index contributed by atoms with van der Waals surface area (Å²) in [6.07, 6.45) is 0. The number of aromatic amines is 1. The van der Waals surface area contributed by atoms with Crippen LogP contribution in [0.3, 0.4) is 0 Å². The van der Waals surface area contributed by atoms with Gasteiger partial charge in [0.05, 0.1) is 19.9 Å². The Hall–Kier alpha value is -4.79. The van der Waals surface area contributed by atoms with E-state index in [-0.39, 0.29) is 11.6 Å². The highest BCUT2D eigenvalue weighted by molar-refractivity contribution is 6.05. The summed E-state index contributed by atoms with van der Waals surface area (Å²) >= 11 is 0. The maximum atomic E-state index is 12.5. The molecule has 1 heterocycles. The maximum absolute atomic E-state index is 12.5. The molecule has 178 valence electrons. The summed E-state index contributed by atoms with van der Waals surface area (Å²) < 4.78 is 15.5. The van der Waals surface area contributed by atoms with Crippen molar-refractivity contribution in [1.82, 2.24) is 4.98 Å². The number of carbonyl (C=O) groups is 3. The van der Waals surface area contributed by atoms with Gasteiger partial charge in [-0.05, 0) is 54.6 Å². The van der Waals surface area contributed by atoms with Gasteiger partial charge in [0.2, 0.25) is 0 Å². The minimum atomic E-state index is -0.654. The van der Waals surface area contributed by atoms with E-state index in [1.165, 1.54) is 7.11 Å². The van der Waals surface area contributed by atoms with E-state index in [1.807, 2.05) is 6.07 Å². The number of esters is 1. The van der Waals surface area contributed by atoms with Gasteiger partial charge in [-0.2, -0.15) is 0 Å². The summed E-state index contributed by atoms with van der Waals surface area (Å²) in [4.78, 5) is 40.0. The monoisotopic (exact) mass is 473 g/mol. The molecular weight excluding hydrogens is 450 g/mol. The Balaban J connectivity index is 1.30. The van der Waals surface area contributed by atoms with E-state index in [4.69, 9.17) is 14.2 Å². The van der Waals surface area contributed by atoms with Gasteiger partial charge in [-0.1, -0.05) is 12.1 Å². The van der Waals surface area contributed by atoms with Crippen molar-refractivity contribution >= 4 is 40.1 Å². The number of ether oxygens (including phenoxy) is 3. The normalized spacial score (nSPS) is 10.5. The number of hydrogen-bond acceptors (Lipinski definition) is 6. The predicted octanol–water partition coefficient (Wildman–Crippen LogP) is 4.23. The van der Waals surface area contributed by atoms with Crippen LogP contribution in [0.2, 0.25) is 0 Å². The fourth-order valence-corrected chi connectivity index (χ4v) is 3.40. The fraction of sp³-hybridized carbons (Fsp3) is 0.115. The van der Waals surface area contributed by atoms with Gasteiger partial charge in [-0.3, -0.25) is 9.59 Å². The van der Waals surface area contributed by atoms with Crippen molar-refractivity contribution in [1.29, 1.82) is 0 Å². The number of hydrogen-bond donors (Lipinski definition) is 3. The molecule has 4 aromatic rings. The number of carbonyl (C=O) groups excluding carboxylic acids is 3. The molecule has 0 atom stereocenters. The fourth-order valence-electron chi connectivity index (χ4n) is 3.40. The van der Waals surface area contributed by atoms with Crippen LogP contribution in [0.25, 0.3) is 10.9 Å². The predicted molar refractivity (Wildman–Crippen MR) is 131 cm³/mol. The summed E-state index contributed by atoms with van der Waals surface area (Å²) in [5, 5.41) is 6.23. The Morgan fingerprint density at radius 1 is 0.857 bits per heavy atom. The summed E-state index contributed by atoms with van der Waals surface area (Å²) in [5.74, 6) is -0.285. The lowest BCUT2D eigenvalue weighted by atomic mass is 10.2. The molecule has 0 aliphatic carbocycles. The lowest BCUT2D eigenvalue weighted by molar-refractivity contribution is -0.119. The third-order valence-electron chi connectivity index (χ3n) is 5.17. The van der Waals surface area contributed by atoms with Gasteiger partial charge < -0.3 is 29.8 Å². The van der Waals surface area contributed by atoms with Crippen LogP contribution < -0.4 is 20.1 Å². The molecule has 2 amide bonds. The minimum Gasteiger partial charge on any atom is -0.497 e. The van der Waals surface area contributed by atoms with E-state index in [0.717, 1.165) is 10.9 Å². The molecule has 9 heteroatoms. The third-order valence-corrected chi connectivity index (χ3v) is 5.17. The van der Waals surface area contributed by atoms with Crippen LogP contribution in [0.4, 0.5) is 11.4 Å². The van der Waals surface area contributed by atoms with Crippen molar-refractivity contribution in [3.63, 3.8) is 0 Å². The summed E-state index contributed by atoms with van der Waals surface area (Å²) in [5.41, 5.74) is 2.35. The van der Waals surface area contributed by atoms with Crippen LogP contribution in [0, 0.1) is 0 Å². The number of para-hydroxylation sites is 2. The number of anilines is 2. The molecule has 9 nitrogen and oxygen atoms in total. The number of amides is 2. The topological polar surface area (TPSA) is 119 Å². The average Bonchev–Trinajstić information content (AvgIpc) is 3.31. The third kappa shape index (κ3) is 5.59. The van der Waals surface area contributed by atoms with Crippen molar-refractivity contribution in [3.05, 3.63) is 84.1 Å². The first kappa shape index (κ1) is 23.4. The summed E-state index contributed by atoms with van der Waals surface area (Å²) in [7, 11) is 3.08. The maximum Gasteiger partial charge on any atom is 0.355 e. The SMILES string of the molecule is COc1ccc2cc(C(=O)OCC(=O)Nc3ccc(C(=O)Nc4ccccc4OC)cc3)[nH]c2c1. The molecule has 0 aliphatic rings. The highest BCUT2D eigenvalue weighted by Gasteiger charge is 2.14. The van der Waals surface area contributed by atoms with E-state index in [9.17, 15) is 14.4 Å². The first-order valence-electron chi connectivity index (χ1n) is 10.6. The summed E-state index contributed by atoms with van der Waals surface area (Å²) in [6, 6.07) is 20.4. The number of benzene rings is 3. The number of H-pyrrole nitrogens is 1. The van der Waals surface area contributed by atoms with Crippen LogP contribution in [0.1, 0.15) is 20.8 Å². The van der Waals surface area contributed by atoms with E-state index in [0.29, 0.717) is 28.4 Å². The number of nitrogens with one attached hydrogen (secondary N) is 3. The second kappa shape index (κ2) is 10.4. The van der Waals surface area contributed by atoms with E-state index >= 15 is 0 Å². The molecule has 0 unspecified atom stereocenters. The number of fused-ring (bicyclic) bond motifs is 1. The zero-order chi connectivity index (χ0) is 24.8. The largest absolute Gasteiger partial charge is 0.497 e. The van der Waals surface area contributed by atoms with Crippen molar-refractivity contribution in [2.75, 3.05) is 31.5 Å². The Morgan fingerprint density at radius 2 is 1.63 bits per heavy atom. The Kier molecular flexibility index (Phi) is 6.96. The minimum absolute atomic E-state index is 0.228. The molecular formula is C26H23N3O6. The highest BCUT2D eigenvalue weighted by atomic mass is 16.5. The first-order chi connectivity index (χ1) is 17.0. The summed E-state index contributed by atoms with van der Waals surface area (Å²) in [6.45, 7) is -0.465. The molecule has 0 radical (unpaired) electrons. The van der Waals surface area contributed by atoms with Crippen LogP contribution in [0.5, 0.6) is 11.5 Å². The average molecular weight is 473 g/mol. The molecule has 0 aliphatic heterocycles. The molecule has 0 fully saturated rings. The van der Waals surface area contributed by atoms with Crippen molar-refractivity contribution < 1.29 is 28.6 Å². The van der Waals surface area contributed by atoms with Crippen molar-refractivity contribution in [2.24, 2.45) is 0 Å². The molecule has 35 heavy (non-hydrogen) atoms. The molecule has 3 N–H and O–H groups in total. The quantitative estimate of drug-likeness (QED) is 0.330. The van der Waals surface area contributed by atoms with Gasteiger partial charge in [0.1, 0.15) is 17.2 Å². The molecule has 1 aromatic heterocycles. The number of aromatic nitrogens is 1. The van der Waals surface area contributed by atoms with Gasteiger partial charge in [-0.25, -0.2) is 4.79 Å². The smallest absolute Gasteiger partial charge is 0.355 e. The zero-order valence-electron chi connectivity index (χ0n) is 19.1. The van der Waals surface area contributed by atoms with E-state index < -0.39 is 18.5 Å². The Bertz CT molecular complexity index is 1380. The zero-order valence-corrected chi connectivity index (χ0v) is 19.1. The van der Waals surface area contributed by atoms with E-state index in [1.54, 1.807) is 73.8 Å². The van der Waals surface area contributed by atoms with Crippen LogP contribution in [-0.4, -0.2) is 43.6 Å². The van der Waals surface area contributed by atoms with Gasteiger partial charge in [0.15, 0.2) is 6.61 Å². The second-order valence-corrected chi connectivity index (χ2v) is 7.49. The number of rotatable bonds is 8. The lowest BCUT2D eigenvalue weighted by Crippen LogP contribution is -2.21. The molecule has 0 saturated heterocycles. The first-order valence-corrected chi connectivity index (χ1v) is 10.6. The van der Waals surface area contributed by atoms with Gasteiger partial charge in [-0.15, -0.1) is 0 Å². The Morgan fingerprint density at radius 3 is 2.37 bits per heavy atom. The highest BCUT2D eigenvalue weighted by Crippen LogP contribution is 2.24. The van der Waals surface area contributed by atoms with Crippen LogP contribution >= 0.6 is 0 Å². The Labute approximate surface area is 201 Å².